The SMILES string of the molecule is C1=C2CNCC2Cc2ccccc21.Cl. The summed E-state index contributed by atoms with van der Waals surface area (Å²) in [4.78, 5) is 0. The summed E-state index contributed by atoms with van der Waals surface area (Å²) < 4.78 is 0. The van der Waals surface area contributed by atoms with E-state index in [1.807, 2.05) is 0 Å². The van der Waals surface area contributed by atoms with Crippen LogP contribution >= 0.6 is 12.4 Å². The molecule has 1 N–H and O–H groups in total. The maximum atomic E-state index is 3.43. The van der Waals surface area contributed by atoms with Gasteiger partial charge in [0.2, 0.25) is 0 Å². The summed E-state index contributed by atoms with van der Waals surface area (Å²) in [5.41, 5.74) is 4.54. The van der Waals surface area contributed by atoms with Crippen molar-refractivity contribution in [3.8, 4) is 0 Å². The van der Waals surface area contributed by atoms with Gasteiger partial charge in [-0.3, -0.25) is 0 Å². The maximum absolute atomic E-state index is 3.43. The van der Waals surface area contributed by atoms with Gasteiger partial charge in [-0.15, -0.1) is 12.4 Å². The van der Waals surface area contributed by atoms with Gasteiger partial charge >= 0.3 is 0 Å². The summed E-state index contributed by atoms with van der Waals surface area (Å²) in [6.45, 7) is 2.26. The molecule has 1 aliphatic heterocycles. The molecule has 0 aromatic heterocycles. The van der Waals surface area contributed by atoms with E-state index in [4.69, 9.17) is 0 Å². The molecule has 1 nitrogen and oxygen atoms in total. The van der Waals surface area contributed by atoms with Gasteiger partial charge in [-0.2, -0.15) is 0 Å². The zero-order valence-corrected chi connectivity index (χ0v) is 8.81. The molecule has 0 saturated carbocycles. The Labute approximate surface area is 90.6 Å². The van der Waals surface area contributed by atoms with Crippen LogP contribution in [0.5, 0.6) is 0 Å². The molecule has 3 rings (SSSR count). The lowest BCUT2D eigenvalue weighted by atomic mass is 9.85. The molecule has 0 spiro atoms. The van der Waals surface area contributed by atoms with E-state index in [9.17, 15) is 0 Å². The van der Waals surface area contributed by atoms with Crippen LogP contribution in [0.3, 0.4) is 0 Å². The van der Waals surface area contributed by atoms with Crippen molar-refractivity contribution in [2.45, 2.75) is 6.42 Å². The summed E-state index contributed by atoms with van der Waals surface area (Å²) in [6, 6.07) is 8.73. The van der Waals surface area contributed by atoms with Gasteiger partial charge < -0.3 is 5.32 Å². The highest BCUT2D eigenvalue weighted by molar-refractivity contribution is 5.85. The Morgan fingerprint density at radius 1 is 1.21 bits per heavy atom. The van der Waals surface area contributed by atoms with E-state index in [1.165, 1.54) is 24.1 Å². The van der Waals surface area contributed by atoms with Crippen LogP contribution in [0.2, 0.25) is 0 Å². The average Bonchev–Trinajstić information content (AvgIpc) is 2.61. The molecule has 14 heavy (non-hydrogen) atoms. The van der Waals surface area contributed by atoms with Gasteiger partial charge in [-0.25, -0.2) is 0 Å². The van der Waals surface area contributed by atoms with Crippen molar-refractivity contribution in [2.24, 2.45) is 5.92 Å². The van der Waals surface area contributed by atoms with Crippen molar-refractivity contribution in [2.75, 3.05) is 13.1 Å². The summed E-state index contributed by atoms with van der Waals surface area (Å²) >= 11 is 0. The zero-order chi connectivity index (χ0) is 8.67. The number of fused-ring (bicyclic) bond motifs is 2. The monoisotopic (exact) mass is 207 g/mol. The molecule has 2 aliphatic rings. The van der Waals surface area contributed by atoms with Gasteiger partial charge in [0.15, 0.2) is 0 Å². The van der Waals surface area contributed by atoms with Gasteiger partial charge in [0.25, 0.3) is 0 Å². The van der Waals surface area contributed by atoms with Crippen molar-refractivity contribution < 1.29 is 0 Å². The Morgan fingerprint density at radius 3 is 3.00 bits per heavy atom. The summed E-state index contributed by atoms with van der Waals surface area (Å²) in [7, 11) is 0. The molecule has 2 heteroatoms. The van der Waals surface area contributed by atoms with Gasteiger partial charge in [-0.05, 0) is 23.5 Å². The first-order chi connectivity index (χ1) is 6.43. The van der Waals surface area contributed by atoms with E-state index in [0.717, 1.165) is 12.5 Å². The topological polar surface area (TPSA) is 12.0 Å². The fourth-order valence-electron chi connectivity index (χ4n) is 2.36. The second-order valence-corrected chi connectivity index (χ2v) is 3.95. The molecule has 1 aliphatic carbocycles. The van der Waals surface area contributed by atoms with E-state index >= 15 is 0 Å². The number of halogens is 1. The van der Waals surface area contributed by atoms with Crippen molar-refractivity contribution in [3.05, 3.63) is 41.0 Å². The highest BCUT2D eigenvalue weighted by Crippen LogP contribution is 2.30. The predicted molar refractivity (Wildman–Crippen MR) is 61.7 cm³/mol. The molecule has 74 valence electrons. The quantitative estimate of drug-likeness (QED) is 0.688. The first-order valence-corrected chi connectivity index (χ1v) is 4.92. The molecule has 0 amide bonds. The van der Waals surface area contributed by atoms with Gasteiger partial charge in [0, 0.05) is 13.1 Å². The van der Waals surface area contributed by atoms with Crippen molar-refractivity contribution in [3.63, 3.8) is 0 Å². The Kier molecular flexibility index (Phi) is 2.62. The standard InChI is InChI=1S/C12H13N.ClH/c1-2-4-10-6-12-8-13-7-11(12)5-9(10)3-1;/h1-5,12-13H,6-8H2;1H. The Morgan fingerprint density at radius 2 is 2.07 bits per heavy atom. The first-order valence-electron chi connectivity index (χ1n) is 4.92. The largest absolute Gasteiger partial charge is 0.312 e. The number of hydrogen-bond donors (Lipinski definition) is 1. The van der Waals surface area contributed by atoms with Crippen LogP contribution in [0.1, 0.15) is 11.1 Å². The van der Waals surface area contributed by atoms with E-state index < -0.39 is 0 Å². The predicted octanol–water partition coefficient (Wildman–Crippen LogP) is 2.27. The Balaban J connectivity index is 0.000000750. The molecule has 1 atom stereocenters. The third-order valence-electron chi connectivity index (χ3n) is 3.11. The lowest BCUT2D eigenvalue weighted by molar-refractivity contribution is 0.645. The van der Waals surface area contributed by atoms with Crippen molar-refractivity contribution in [1.82, 2.24) is 5.32 Å². The smallest absolute Gasteiger partial charge is 0.0171 e. The minimum absolute atomic E-state index is 0. The third kappa shape index (κ3) is 1.47. The molecule has 1 aromatic carbocycles. The van der Waals surface area contributed by atoms with Gasteiger partial charge in [0.05, 0.1) is 0 Å². The molecule has 1 saturated heterocycles. The van der Waals surface area contributed by atoms with E-state index in [0.29, 0.717) is 0 Å². The molecular weight excluding hydrogens is 194 g/mol. The van der Waals surface area contributed by atoms with E-state index in [1.54, 1.807) is 5.57 Å². The summed E-state index contributed by atoms with van der Waals surface area (Å²) in [5, 5.41) is 3.43. The second kappa shape index (κ2) is 3.76. The van der Waals surface area contributed by atoms with Crippen molar-refractivity contribution in [1.29, 1.82) is 0 Å². The van der Waals surface area contributed by atoms with Crippen LogP contribution in [-0.4, -0.2) is 13.1 Å². The van der Waals surface area contributed by atoms with Gasteiger partial charge in [-0.1, -0.05) is 35.9 Å². The minimum Gasteiger partial charge on any atom is -0.312 e. The van der Waals surface area contributed by atoms with Crippen LogP contribution in [0.15, 0.2) is 29.8 Å². The molecule has 0 radical (unpaired) electrons. The molecule has 1 unspecified atom stereocenters. The van der Waals surface area contributed by atoms with Crippen LogP contribution in [0.4, 0.5) is 0 Å². The number of nitrogens with one attached hydrogen (secondary N) is 1. The highest BCUT2D eigenvalue weighted by atomic mass is 35.5. The van der Waals surface area contributed by atoms with Crippen LogP contribution < -0.4 is 5.32 Å². The van der Waals surface area contributed by atoms with Crippen molar-refractivity contribution >= 4 is 18.5 Å². The lowest BCUT2D eigenvalue weighted by Crippen LogP contribution is -2.13. The van der Waals surface area contributed by atoms with Gasteiger partial charge in [0.1, 0.15) is 0 Å². The first kappa shape index (κ1) is 9.75. The van der Waals surface area contributed by atoms with Crippen LogP contribution in [0, 0.1) is 5.92 Å². The minimum atomic E-state index is 0. The molecular formula is C12H14ClN. The third-order valence-corrected chi connectivity index (χ3v) is 3.11. The van der Waals surface area contributed by atoms with E-state index in [-0.39, 0.29) is 12.4 Å². The fraction of sp³-hybridized carbons (Fsp3) is 0.333. The van der Waals surface area contributed by atoms with E-state index in [2.05, 4.69) is 35.7 Å². The molecule has 0 bridgehead atoms. The second-order valence-electron chi connectivity index (χ2n) is 3.95. The van der Waals surface area contributed by atoms with Crippen LogP contribution in [0.25, 0.3) is 6.08 Å². The average molecular weight is 208 g/mol. The molecule has 1 aromatic rings. The normalized spacial score (nSPS) is 23.1. The maximum Gasteiger partial charge on any atom is 0.0171 e. The Hall–Kier alpha value is -0.790. The molecule has 1 heterocycles. The zero-order valence-electron chi connectivity index (χ0n) is 7.99. The summed E-state index contributed by atoms with van der Waals surface area (Å²) in [6.07, 6.45) is 3.60. The summed E-state index contributed by atoms with van der Waals surface area (Å²) in [5.74, 6) is 0.773. The molecule has 1 fully saturated rings. The lowest BCUT2D eigenvalue weighted by Gasteiger charge is -2.19. The Bertz CT molecular complexity index is 370. The van der Waals surface area contributed by atoms with Crippen LogP contribution in [-0.2, 0) is 6.42 Å². The number of hydrogen-bond acceptors (Lipinski definition) is 1. The number of benzene rings is 1. The number of rotatable bonds is 0. The fourth-order valence-corrected chi connectivity index (χ4v) is 2.36. The highest BCUT2D eigenvalue weighted by Gasteiger charge is 2.24.